The number of unbranched alkanes of at least 4 members (excludes halogenated alkanes) is 3. The molecule has 0 N–H and O–H groups in total. The van der Waals surface area contributed by atoms with Crippen molar-refractivity contribution in [1.82, 2.24) is 0 Å². The van der Waals surface area contributed by atoms with E-state index in [0.29, 0.717) is 11.3 Å². The second-order valence-corrected chi connectivity index (χ2v) is 9.17. The van der Waals surface area contributed by atoms with Gasteiger partial charge in [0.05, 0.1) is 5.56 Å². The Hall–Kier alpha value is -2.16. The van der Waals surface area contributed by atoms with E-state index < -0.39 is 5.97 Å². The van der Waals surface area contributed by atoms with Gasteiger partial charge in [0.1, 0.15) is 11.6 Å². The molecule has 3 heteroatoms. The Morgan fingerprint density at radius 1 is 0.839 bits per heavy atom. The van der Waals surface area contributed by atoms with Crippen LogP contribution in [0.3, 0.4) is 0 Å². The maximum atomic E-state index is 13.0. The van der Waals surface area contributed by atoms with Gasteiger partial charge >= 0.3 is 5.97 Å². The van der Waals surface area contributed by atoms with Crippen LogP contribution < -0.4 is 4.74 Å². The predicted molar refractivity (Wildman–Crippen MR) is 125 cm³/mol. The van der Waals surface area contributed by atoms with Crippen molar-refractivity contribution in [2.75, 3.05) is 0 Å². The quantitative estimate of drug-likeness (QED) is 0.207. The molecule has 0 saturated heterocycles. The van der Waals surface area contributed by atoms with Crippen molar-refractivity contribution in [3.8, 4) is 5.75 Å². The summed E-state index contributed by atoms with van der Waals surface area (Å²) in [5.74, 6) is 1.52. The van der Waals surface area contributed by atoms with Gasteiger partial charge in [-0.2, -0.15) is 0 Å². The summed E-state index contributed by atoms with van der Waals surface area (Å²) in [6.07, 6.45) is 16.3. The van der Waals surface area contributed by atoms with Gasteiger partial charge in [0.2, 0.25) is 0 Å². The number of aryl methyl sites for hydroxylation is 1. The Balaban J connectivity index is 1.32. The van der Waals surface area contributed by atoms with Crippen LogP contribution in [-0.4, -0.2) is 5.97 Å². The number of carbonyl (C=O) groups excluding carboxylic acids is 1. The first-order valence-electron chi connectivity index (χ1n) is 12.2. The van der Waals surface area contributed by atoms with Crippen molar-refractivity contribution in [2.45, 2.75) is 84.0 Å². The van der Waals surface area contributed by atoms with Crippen molar-refractivity contribution >= 4 is 5.97 Å². The third-order valence-corrected chi connectivity index (χ3v) is 6.72. The lowest BCUT2D eigenvalue weighted by Crippen LogP contribution is -2.14. The molecule has 1 aliphatic carbocycles. The maximum Gasteiger partial charge on any atom is 0.343 e. The summed E-state index contributed by atoms with van der Waals surface area (Å²) in [5.41, 5.74) is 1.78. The number of ether oxygens (including phenoxy) is 1. The Labute approximate surface area is 187 Å². The minimum Gasteiger partial charge on any atom is -0.423 e. The van der Waals surface area contributed by atoms with Gasteiger partial charge in [0.25, 0.3) is 0 Å². The summed E-state index contributed by atoms with van der Waals surface area (Å²) in [6, 6.07) is 13.2. The van der Waals surface area contributed by atoms with E-state index in [1.165, 1.54) is 100 Å². The van der Waals surface area contributed by atoms with Gasteiger partial charge in [-0.05, 0) is 66.6 Å². The highest BCUT2D eigenvalue weighted by molar-refractivity contribution is 5.91. The largest absolute Gasteiger partial charge is 0.423 e. The zero-order valence-corrected chi connectivity index (χ0v) is 19.0. The highest BCUT2D eigenvalue weighted by atomic mass is 19.1. The average Bonchev–Trinajstić information content (AvgIpc) is 2.80. The predicted octanol–water partition coefficient (Wildman–Crippen LogP) is 8.14. The van der Waals surface area contributed by atoms with E-state index in [2.05, 4.69) is 6.92 Å². The topological polar surface area (TPSA) is 26.3 Å². The molecule has 3 rings (SSSR count). The van der Waals surface area contributed by atoms with Crippen molar-refractivity contribution < 1.29 is 13.9 Å². The fourth-order valence-electron chi connectivity index (χ4n) is 4.73. The highest BCUT2D eigenvalue weighted by Crippen LogP contribution is 2.34. The van der Waals surface area contributed by atoms with Crippen molar-refractivity contribution in [3.63, 3.8) is 0 Å². The summed E-state index contributed by atoms with van der Waals surface area (Å²) in [5, 5.41) is 0. The van der Waals surface area contributed by atoms with Crippen LogP contribution in [0.1, 0.15) is 93.5 Å². The number of halogens is 1. The minimum absolute atomic E-state index is 0.348. The van der Waals surface area contributed by atoms with Crippen LogP contribution >= 0.6 is 0 Å². The van der Waals surface area contributed by atoms with Crippen molar-refractivity contribution in [3.05, 3.63) is 65.5 Å². The van der Waals surface area contributed by atoms with Crippen LogP contribution in [0.2, 0.25) is 0 Å². The van der Waals surface area contributed by atoms with Crippen LogP contribution in [0, 0.1) is 17.7 Å². The smallest absolute Gasteiger partial charge is 0.343 e. The summed E-state index contributed by atoms with van der Waals surface area (Å²) < 4.78 is 18.2. The number of carbonyl (C=O) groups is 1. The highest BCUT2D eigenvalue weighted by Gasteiger charge is 2.20. The van der Waals surface area contributed by atoms with Gasteiger partial charge in [0.15, 0.2) is 0 Å². The fourth-order valence-corrected chi connectivity index (χ4v) is 4.73. The first kappa shape index (κ1) is 23.5. The number of benzene rings is 2. The third-order valence-electron chi connectivity index (χ3n) is 6.72. The van der Waals surface area contributed by atoms with Crippen LogP contribution in [-0.2, 0) is 6.42 Å². The molecule has 0 unspecified atom stereocenters. The Bertz CT molecular complexity index is 774. The lowest BCUT2D eigenvalue weighted by Gasteiger charge is -2.28. The SMILES string of the molecule is CCCCC[C@H]1CC[C@H](CCCCc2ccc(C(=O)Oc3ccc(F)cc3)cc2)CC1. The van der Waals surface area contributed by atoms with Crippen LogP contribution in [0.5, 0.6) is 5.75 Å². The first-order chi connectivity index (χ1) is 15.1. The molecule has 0 bridgehead atoms. The van der Waals surface area contributed by atoms with Crippen LogP contribution in [0.15, 0.2) is 48.5 Å². The Kier molecular flexibility index (Phi) is 9.58. The molecule has 2 aromatic carbocycles. The van der Waals surface area contributed by atoms with E-state index in [0.717, 1.165) is 18.3 Å². The van der Waals surface area contributed by atoms with Crippen LogP contribution in [0.4, 0.5) is 4.39 Å². The molecular formula is C28H37FO2. The summed E-state index contributed by atoms with van der Waals surface area (Å²) in [4.78, 5) is 12.2. The standard InChI is InChI=1S/C28H37FO2/c1-2-3-4-7-22-10-12-23(13-11-22)8-5-6-9-24-14-16-25(17-15-24)28(30)31-27-20-18-26(29)19-21-27/h14-23H,2-13H2,1H3/t22-,23-. The van der Waals surface area contributed by atoms with E-state index in [4.69, 9.17) is 4.74 Å². The van der Waals surface area contributed by atoms with Gasteiger partial charge in [0, 0.05) is 0 Å². The van der Waals surface area contributed by atoms with Crippen molar-refractivity contribution in [2.24, 2.45) is 11.8 Å². The number of hydrogen-bond donors (Lipinski definition) is 0. The lowest BCUT2D eigenvalue weighted by atomic mass is 9.78. The summed E-state index contributed by atoms with van der Waals surface area (Å²) >= 11 is 0. The summed E-state index contributed by atoms with van der Waals surface area (Å²) in [7, 11) is 0. The van der Waals surface area contributed by atoms with Gasteiger partial charge in [-0.15, -0.1) is 0 Å². The Morgan fingerprint density at radius 2 is 1.42 bits per heavy atom. The molecule has 0 aliphatic heterocycles. The molecule has 168 valence electrons. The zero-order chi connectivity index (χ0) is 21.9. The van der Waals surface area contributed by atoms with E-state index >= 15 is 0 Å². The van der Waals surface area contributed by atoms with Crippen molar-refractivity contribution in [1.29, 1.82) is 0 Å². The number of hydrogen-bond acceptors (Lipinski definition) is 2. The minimum atomic E-state index is -0.413. The summed E-state index contributed by atoms with van der Waals surface area (Å²) in [6.45, 7) is 2.29. The molecule has 0 atom stereocenters. The molecule has 2 aromatic rings. The maximum absolute atomic E-state index is 13.0. The molecule has 1 aliphatic rings. The van der Waals surface area contributed by atoms with Gasteiger partial charge in [-0.1, -0.05) is 83.3 Å². The second-order valence-electron chi connectivity index (χ2n) is 9.17. The molecule has 31 heavy (non-hydrogen) atoms. The number of rotatable bonds is 11. The average molecular weight is 425 g/mol. The molecule has 2 nitrogen and oxygen atoms in total. The molecule has 0 amide bonds. The van der Waals surface area contributed by atoms with E-state index in [1.54, 1.807) is 0 Å². The number of esters is 1. The molecule has 0 heterocycles. The van der Waals surface area contributed by atoms with E-state index in [9.17, 15) is 9.18 Å². The first-order valence-corrected chi connectivity index (χ1v) is 12.2. The second kappa shape index (κ2) is 12.6. The molecule has 0 radical (unpaired) electrons. The van der Waals surface area contributed by atoms with E-state index in [-0.39, 0.29) is 5.82 Å². The third kappa shape index (κ3) is 8.12. The molecule has 0 spiro atoms. The van der Waals surface area contributed by atoms with E-state index in [1.807, 2.05) is 24.3 Å². The zero-order valence-electron chi connectivity index (χ0n) is 19.0. The monoisotopic (exact) mass is 424 g/mol. The van der Waals surface area contributed by atoms with Crippen LogP contribution in [0.25, 0.3) is 0 Å². The molecule has 1 fully saturated rings. The lowest BCUT2D eigenvalue weighted by molar-refractivity contribution is 0.0734. The van der Waals surface area contributed by atoms with Gasteiger partial charge in [-0.3, -0.25) is 0 Å². The molecule has 0 aromatic heterocycles. The normalized spacial score (nSPS) is 18.6. The Morgan fingerprint density at radius 3 is 2.00 bits per heavy atom. The van der Waals surface area contributed by atoms with Gasteiger partial charge < -0.3 is 4.74 Å². The van der Waals surface area contributed by atoms with Gasteiger partial charge in [-0.25, -0.2) is 9.18 Å². The fraction of sp³-hybridized carbons (Fsp3) is 0.536. The molecular weight excluding hydrogens is 387 g/mol. The molecule has 1 saturated carbocycles.